The SMILES string of the molecule is COc1ccc(F)cc1[C@@H](C)NC(=O)NCCCn1cccn1. The van der Waals surface area contributed by atoms with E-state index >= 15 is 0 Å². The van der Waals surface area contributed by atoms with Gasteiger partial charge >= 0.3 is 6.03 Å². The second kappa shape index (κ2) is 8.17. The molecule has 0 aliphatic heterocycles. The molecule has 2 rings (SSSR count). The van der Waals surface area contributed by atoms with Crippen LogP contribution in [0.3, 0.4) is 0 Å². The van der Waals surface area contributed by atoms with Gasteiger partial charge in [0.15, 0.2) is 0 Å². The Morgan fingerprint density at radius 2 is 2.30 bits per heavy atom. The number of hydrogen-bond acceptors (Lipinski definition) is 3. The molecule has 7 heteroatoms. The van der Waals surface area contributed by atoms with E-state index in [1.165, 1.54) is 19.2 Å². The summed E-state index contributed by atoms with van der Waals surface area (Å²) in [4.78, 5) is 11.9. The highest BCUT2D eigenvalue weighted by Gasteiger charge is 2.14. The van der Waals surface area contributed by atoms with Crippen LogP contribution in [0.15, 0.2) is 36.7 Å². The van der Waals surface area contributed by atoms with Gasteiger partial charge in [0.1, 0.15) is 11.6 Å². The number of rotatable bonds is 7. The van der Waals surface area contributed by atoms with E-state index in [9.17, 15) is 9.18 Å². The molecule has 0 spiro atoms. The van der Waals surface area contributed by atoms with Crippen molar-refractivity contribution in [1.82, 2.24) is 20.4 Å². The largest absolute Gasteiger partial charge is 0.496 e. The number of aromatic nitrogens is 2. The number of halogens is 1. The van der Waals surface area contributed by atoms with Crippen LogP contribution < -0.4 is 15.4 Å². The second-order valence-electron chi connectivity index (χ2n) is 5.13. The molecule has 0 unspecified atom stereocenters. The molecule has 0 aliphatic rings. The molecular formula is C16H21FN4O2. The van der Waals surface area contributed by atoms with Crippen molar-refractivity contribution < 1.29 is 13.9 Å². The number of ether oxygens (including phenoxy) is 1. The molecule has 124 valence electrons. The van der Waals surface area contributed by atoms with Crippen LogP contribution in [-0.4, -0.2) is 29.5 Å². The Morgan fingerprint density at radius 1 is 1.48 bits per heavy atom. The van der Waals surface area contributed by atoms with Crippen molar-refractivity contribution in [3.63, 3.8) is 0 Å². The number of aryl methyl sites for hydroxylation is 1. The number of carbonyl (C=O) groups excluding carboxylic acids is 1. The van der Waals surface area contributed by atoms with Crippen molar-refractivity contribution in [1.29, 1.82) is 0 Å². The van der Waals surface area contributed by atoms with E-state index in [0.29, 0.717) is 17.9 Å². The molecule has 0 saturated heterocycles. The molecule has 23 heavy (non-hydrogen) atoms. The summed E-state index contributed by atoms with van der Waals surface area (Å²) in [7, 11) is 1.51. The van der Waals surface area contributed by atoms with Crippen LogP contribution in [0.25, 0.3) is 0 Å². The predicted octanol–water partition coefficient (Wildman–Crippen LogP) is 2.48. The average Bonchev–Trinajstić information content (AvgIpc) is 3.05. The Balaban J connectivity index is 1.79. The lowest BCUT2D eigenvalue weighted by molar-refractivity contribution is 0.237. The van der Waals surface area contributed by atoms with Gasteiger partial charge < -0.3 is 15.4 Å². The molecule has 1 aromatic heterocycles. The summed E-state index contributed by atoms with van der Waals surface area (Å²) < 4.78 is 20.4. The van der Waals surface area contributed by atoms with E-state index in [4.69, 9.17) is 4.74 Å². The predicted molar refractivity (Wildman–Crippen MR) is 84.7 cm³/mol. The van der Waals surface area contributed by atoms with Gasteiger partial charge in [0.05, 0.1) is 13.2 Å². The van der Waals surface area contributed by atoms with E-state index in [1.807, 2.05) is 12.3 Å². The zero-order valence-corrected chi connectivity index (χ0v) is 13.3. The van der Waals surface area contributed by atoms with Crippen molar-refractivity contribution in [3.8, 4) is 5.75 Å². The van der Waals surface area contributed by atoms with Gasteiger partial charge in [-0.1, -0.05) is 0 Å². The van der Waals surface area contributed by atoms with Crippen molar-refractivity contribution in [2.75, 3.05) is 13.7 Å². The number of hydrogen-bond donors (Lipinski definition) is 2. The van der Waals surface area contributed by atoms with Crippen LogP contribution in [0.5, 0.6) is 5.75 Å². The second-order valence-corrected chi connectivity index (χ2v) is 5.13. The fourth-order valence-corrected chi connectivity index (χ4v) is 2.24. The number of benzene rings is 1. The number of amides is 2. The standard InChI is InChI=1S/C16H21FN4O2/c1-12(14-11-13(17)5-6-15(14)23-2)20-16(22)18-7-3-9-21-10-4-8-19-21/h4-6,8,10-12H,3,7,9H2,1-2H3,(H2,18,20,22)/t12-/m1/s1. The number of methoxy groups -OCH3 is 1. The number of nitrogens with zero attached hydrogens (tertiary/aromatic N) is 2. The zero-order chi connectivity index (χ0) is 16.7. The maximum Gasteiger partial charge on any atom is 0.315 e. The summed E-state index contributed by atoms with van der Waals surface area (Å²) >= 11 is 0. The summed E-state index contributed by atoms with van der Waals surface area (Å²) in [6.45, 7) is 3.04. The summed E-state index contributed by atoms with van der Waals surface area (Å²) in [6.07, 6.45) is 4.36. The molecule has 2 N–H and O–H groups in total. The van der Waals surface area contributed by atoms with E-state index in [2.05, 4.69) is 15.7 Å². The molecule has 1 heterocycles. The topological polar surface area (TPSA) is 68.2 Å². The highest BCUT2D eigenvalue weighted by Crippen LogP contribution is 2.25. The van der Waals surface area contributed by atoms with Crippen LogP contribution in [0.4, 0.5) is 9.18 Å². The maximum atomic E-state index is 13.4. The minimum absolute atomic E-state index is 0.302. The summed E-state index contributed by atoms with van der Waals surface area (Å²) in [5, 5.41) is 9.63. The van der Waals surface area contributed by atoms with Crippen molar-refractivity contribution in [3.05, 3.63) is 48.0 Å². The average molecular weight is 320 g/mol. The third-order valence-electron chi connectivity index (χ3n) is 3.41. The van der Waals surface area contributed by atoms with Crippen molar-refractivity contribution in [2.24, 2.45) is 0 Å². The molecule has 6 nitrogen and oxygen atoms in total. The third kappa shape index (κ3) is 4.98. The van der Waals surface area contributed by atoms with Crippen molar-refractivity contribution >= 4 is 6.03 Å². The first-order valence-corrected chi connectivity index (χ1v) is 7.45. The van der Waals surface area contributed by atoms with E-state index in [-0.39, 0.29) is 17.9 Å². The van der Waals surface area contributed by atoms with Gasteiger partial charge in [-0.25, -0.2) is 9.18 Å². The molecule has 0 bridgehead atoms. The third-order valence-corrected chi connectivity index (χ3v) is 3.41. The summed E-state index contributed by atoms with van der Waals surface area (Å²) in [5.41, 5.74) is 0.596. The smallest absolute Gasteiger partial charge is 0.315 e. The quantitative estimate of drug-likeness (QED) is 0.770. The van der Waals surface area contributed by atoms with Crippen LogP contribution >= 0.6 is 0 Å². The maximum absolute atomic E-state index is 13.4. The highest BCUT2D eigenvalue weighted by atomic mass is 19.1. The molecule has 2 amide bonds. The lowest BCUT2D eigenvalue weighted by atomic mass is 10.1. The van der Waals surface area contributed by atoms with Gasteiger partial charge in [-0.3, -0.25) is 4.68 Å². The van der Waals surface area contributed by atoms with Crippen LogP contribution in [0.2, 0.25) is 0 Å². The van der Waals surface area contributed by atoms with Crippen molar-refractivity contribution in [2.45, 2.75) is 25.9 Å². The monoisotopic (exact) mass is 320 g/mol. The first-order chi connectivity index (χ1) is 11.1. The summed E-state index contributed by atoms with van der Waals surface area (Å²) in [5.74, 6) is 0.173. The van der Waals surface area contributed by atoms with Gasteiger partial charge in [0.25, 0.3) is 0 Å². The van der Waals surface area contributed by atoms with Crippen LogP contribution in [-0.2, 0) is 6.54 Å². The molecule has 1 aromatic carbocycles. The minimum Gasteiger partial charge on any atom is -0.496 e. The number of carbonyl (C=O) groups is 1. The Labute approximate surface area is 134 Å². The Hall–Kier alpha value is -2.57. The van der Waals surface area contributed by atoms with E-state index in [0.717, 1.165) is 13.0 Å². The molecule has 1 atom stereocenters. The first-order valence-electron chi connectivity index (χ1n) is 7.45. The normalized spacial score (nSPS) is 11.8. The Kier molecular flexibility index (Phi) is 5.96. The molecule has 2 aromatic rings. The first kappa shape index (κ1) is 16.8. The lowest BCUT2D eigenvalue weighted by Gasteiger charge is -2.18. The van der Waals surface area contributed by atoms with E-state index < -0.39 is 0 Å². The molecule has 0 saturated carbocycles. The Bertz CT molecular complexity index is 631. The fourth-order valence-electron chi connectivity index (χ4n) is 2.24. The van der Waals surface area contributed by atoms with Crippen LogP contribution in [0.1, 0.15) is 24.9 Å². The van der Waals surface area contributed by atoms with Gasteiger partial charge in [-0.05, 0) is 37.6 Å². The Morgan fingerprint density at radius 3 is 3.00 bits per heavy atom. The molecular weight excluding hydrogens is 299 g/mol. The van der Waals surface area contributed by atoms with Gasteiger partial charge in [-0.2, -0.15) is 5.10 Å². The van der Waals surface area contributed by atoms with E-state index in [1.54, 1.807) is 23.9 Å². The lowest BCUT2D eigenvalue weighted by Crippen LogP contribution is -2.37. The zero-order valence-electron chi connectivity index (χ0n) is 13.3. The summed E-state index contributed by atoms with van der Waals surface area (Å²) in [6, 6.07) is 5.42. The van der Waals surface area contributed by atoms with Crippen LogP contribution in [0, 0.1) is 5.82 Å². The molecule has 0 radical (unpaired) electrons. The minimum atomic E-state index is -0.369. The number of nitrogens with one attached hydrogen (secondary N) is 2. The fraction of sp³-hybridized carbons (Fsp3) is 0.375. The van der Waals surface area contributed by atoms with Gasteiger partial charge in [0, 0.05) is 31.0 Å². The highest BCUT2D eigenvalue weighted by molar-refractivity contribution is 5.74. The van der Waals surface area contributed by atoms with Gasteiger partial charge in [-0.15, -0.1) is 0 Å². The van der Waals surface area contributed by atoms with Gasteiger partial charge in [0.2, 0.25) is 0 Å². The molecule has 0 aliphatic carbocycles. The number of urea groups is 1. The molecule has 0 fully saturated rings.